The van der Waals surface area contributed by atoms with E-state index < -0.39 is 35.1 Å². The number of nitrogens with one attached hydrogen (secondary N) is 1. The standard InChI is InChI=1S/C11H12F2N2O2/c1-2-8(10(14)16)15-11(17)6-4-3-5-7(12)9(6)13/h3-5,8H,2H2,1H3,(H2,14,16)(H,15,17)/t8-/m0/s1. The minimum absolute atomic E-state index is 0.276. The van der Waals surface area contributed by atoms with Crippen molar-refractivity contribution in [3.8, 4) is 0 Å². The van der Waals surface area contributed by atoms with Gasteiger partial charge in [-0.15, -0.1) is 0 Å². The molecule has 0 aliphatic rings. The molecule has 0 heterocycles. The summed E-state index contributed by atoms with van der Waals surface area (Å²) in [6.07, 6.45) is 0.276. The molecule has 0 saturated heterocycles. The van der Waals surface area contributed by atoms with Crippen molar-refractivity contribution in [2.75, 3.05) is 0 Å². The fourth-order valence-electron chi connectivity index (χ4n) is 1.29. The zero-order valence-corrected chi connectivity index (χ0v) is 9.17. The van der Waals surface area contributed by atoms with Crippen LogP contribution in [0.25, 0.3) is 0 Å². The number of hydrogen-bond acceptors (Lipinski definition) is 2. The zero-order chi connectivity index (χ0) is 13.0. The van der Waals surface area contributed by atoms with Crippen molar-refractivity contribution in [3.05, 3.63) is 35.4 Å². The minimum Gasteiger partial charge on any atom is -0.368 e. The number of nitrogens with two attached hydrogens (primary N) is 1. The molecule has 0 fully saturated rings. The Morgan fingerprint density at radius 2 is 2.06 bits per heavy atom. The third kappa shape index (κ3) is 2.99. The fourth-order valence-corrected chi connectivity index (χ4v) is 1.29. The second-order valence-corrected chi connectivity index (χ2v) is 3.44. The van der Waals surface area contributed by atoms with Crippen molar-refractivity contribution in [2.45, 2.75) is 19.4 Å². The molecular weight excluding hydrogens is 230 g/mol. The maximum absolute atomic E-state index is 13.3. The normalized spacial score (nSPS) is 11.9. The maximum atomic E-state index is 13.3. The van der Waals surface area contributed by atoms with E-state index in [0.29, 0.717) is 0 Å². The molecule has 0 bridgehead atoms. The molecule has 1 aromatic carbocycles. The van der Waals surface area contributed by atoms with Crippen LogP contribution in [0.5, 0.6) is 0 Å². The van der Waals surface area contributed by atoms with E-state index >= 15 is 0 Å². The Labute approximate surface area is 96.8 Å². The number of amides is 2. The molecule has 0 spiro atoms. The van der Waals surface area contributed by atoms with Gasteiger partial charge in [0, 0.05) is 0 Å². The van der Waals surface area contributed by atoms with Crippen LogP contribution in [0, 0.1) is 11.6 Å². The Morgan fingerprint density at radius 1 is 1.41 bits per heavy atom. The fraction of sp³-hybridized carbons (Fsp3) is 0.273. The topological polar surface area (TPSA) is 72.2 Å². The van der Waals surface area contributed by atoms with E-state index in [2.05, 4.69) is 5.32 Å². The summed E-state index contributed by atoms with van der Waals surface area (Å²) in [6.45, 7) is 1.64. The monoisotopic (exact) mass is 242 g/mol. The van der Waals surface area contributed by atoms with Gasteiger partial charge in [0.1, 0.15) is 6.04 Å². The van der Waals surface area contributed by atoms with Gasteiger partial charge in [0.05, 0.1) is 5.56 Å². The Morgan fingerprint density at radius 3 is 2.59 bits per heavy atom. The van der Waals surface area contributed by atoms with Gasteiger partial charge in [-0.2, -0.15) is 0 Å². The summed E-state index contributed by atoms with van der Waals surface area (Å²) in [5.41, 5.74) is 4.57. The van der Waals surface area contributed by atoms with Gasteiger partial charge in [0.25, 0.3) is 5.91 Å². The van der Waals surface area contributed by atoms with Crippen molar-refractivity contribution in [2.24, 2.45) is 5.73 Å². The Balaban J connectivity index is 2.90. The maximum Gasteiger partial charge on any atom is 0.255 e. The molecule has 0 radical (unpaired) electrons. The highest BCUT2D eigenvalue weighted by atomic mass is 19.2. The Bertz CT molecular complexity index is 449. The lowest BCUT2D eigenvalue weighted by molar-refractivity contribution is -0.119. The third-order valence-electron chi connectivity index (χ3n) is 2.25. The van der Waals surface area contributed by atoms with Crippen LogP contribution in [0.15, 0.2) is 18.2 Å². The second kappa shape index (κ2) is 5.38. The van der Waals surface area contributed by atoms with Crippen LogP contribution in [0.2, 0.25) is 0 Å². The molecule has 92 valence electrons. The number of benzene rings is 1. The van der Waals surface area contributed by atoms with Crippen molar-refractivity contribution in [3.63, 3.8) is 0 Å². The predicted octanol–water partition coefficient (Wildman–Crippen LogP) is 0.958. The quantitative estimate of drug-likeness (QED) is 0.825. The number of rotatable bonds is 4. The molecule has 1 aromatic rings. The van der Waals surface area contributed by atoms with E-state index in [4.69, 9.17) is 5.73 Å². The lowest BCUT2D eigenvalue weighted by atomic mass is 10.1. The van der Waals surface area contributed by atoms with Gasteiger partial charge in [-0.3, -0.25) is 9.59 Å². The van der Waals surface area contributed by atoms with E-state index in [1.165, 1.54) is 6.07 Å². The van der Waals surface area contributed by atoms with Crippen LogP contribution in [0.1, 0.15) is 23.7 Å². The van der Waals surface area contributed by atoms with Crippen LogP contribution in [-0.2, 0) is 4.79 Å². The molecule has 2 amide bonds. The van der Waals surface area contributed by atoms with Crippen LogP contribution in [-0.4, -0.2) is 17.9 Å². The summed E-state index contributed by atoms with van der Waals surface area (Å²) in [6, 6.07) is 2.34. The number of carbonyl (C=O) groups is 2. The Hall–Kier alpha value is -1.98. The minimum atomic E-state index is -1.25. The predicted molar refractivity (Wildman–Crippen MR) is 57.1 cm³/mol. The van der Waals surface area contributed by atoms with E-state index in [9.17, 15) is 18.4 Å². The molecule has 1 rings (SSSR count). The van der Waals surface area contributed by atoms with E-state index in [1.54, 1.807) is 6.92 Å². The van der Waals surface area contributed by atoms with Crippen LogP contribution < -0.4 is 11.1 Å². The largest absolute Gasteiger partial charge is 0.368 e. The van der Waals surface area contributed by atoms with E-state index in [-0.39, 0.29) is 6.42 Å². The average molecular weight is 242 g/mol. The van der Waals surface area contributed by atoms with Gasteiger partial charge in [-0.1, -0.05) is 13.0 Å². The molecule has 0 unspecified atom stereocenters. The van der Waals surface area contributed by atoms with Gasteiger partial charge < -0.3 is 11.1 Å². The molecule has 0 aliphatic heterocycles. The number of carbonyl (C=O) groups excluding carboxylic acids is 2. The van der Waals surface area contributed by atoms with Gasteiger partial charge in [0.15, 0.2) is 11.6 Å². The molecule has 6 heteroatoms. The van der Waals surface area contributed by atoms with Crippen LogP contribution in [0.4, 0.5) is 8.78 Å². The van der Waals surface area contributed by atoms with Gasteiger partial charge in [0.2, 0.25) is 5.91 Å². The first-order valence-electron chi connectivity index (χ1n) is 5.01. The first-order valence-corrected chi connectivity index (χ1v) is 5.01. The number of hydrogen-bond donors (Lipinski definition) is 2. The number of primary amides is 1. The molecule has 0 saturated carbocycles. The molecule has 0 aromatic heterocycles. The summed E-state index contributed by atoms with van der Waals surface area (Å²) in [7, 11) is 0. The van der Waals surface area contributed by atoms with Crippen molar-refractivity contribution >= 4 is 11.8 Å². The SMILES string of the molecule is CC[C@H](NC(=O)c1cccc(F)c1F)C(N)=O. The van der Waals surface area contributed by atoms with Gasteiger partial charge >= 0.3 is 0 Å². The first kappa shape index (κ1) is 13.1. The summed E-state index contributed by atoms with van der Waals surface area (Å²) in [5.74, 6) is -3.96. The molecule has 17 heavy (non-hydrogen) atoms. The molecule has 0 aliphatic carbocycles. The van der Waals surface area contributed by atoms with Gasteiger partial charge in [-0.05, 0) is 18.6 Å². The highest BCUT2D eigenvalue weighted by Crippen LogP contribution is 2.11. The van der Waals surface area contributed by atoms with Crippen molar-refractivity contribution < 1.29 is 18.4 Å². The van der Waals surface area contributed by atoms with Crippen molar-refractivity contribution in [1.29, 1.82) is 0 Å². The molecule has 1 atom stereocenters. The molecule has 4 nitrogen and oxygen atoms in total. The lowest BCUT2D eigenvalue weighted by Gasteiger charge is -2.13. The smallest absolute Gasteiger partial charge is 0.255 e. The second-order valence-electron chi connectivity index (χ2n) is 3.44. The van der Waals surface area contributed by atoms with Crippen molar-refractivity contribution in [1.82, 2.24) is 5.32 Å². The summed E-state index contributed by atoms with van der Waals surface area (Å²) < 4.78 is 26.1. The van der Waals surface area contributed by atoms with Gasteiger partial charge in [-0.25, -0.2) is 8.78 Å². The highest BCUT2D eigenvalue weighted by molar-refractivity contribution is 5.97. The molecule has 3 N–H and O–H groups in total. The van der Waals surface area contributed by atoms with Crippen LogP contribution in [0.3, 0.4) is 0 Å². The van der Waals surface area contributed by atoms with E-state index in [0.717, 1.165) is 12.1 Å². The lowest BCUT2D eigenvalue weighted by Crippen LogP contribution is -2.44. The molecular formula is C11H12F2N2O2. The first-order chi connectivity index (χ1) is 7.97. The summed E-state index contributed by atoms with van der Waals surface area (Å²) in [5, 5.41) is 2.23. The van der Waals surface area contributed by atoms with E-state index in [1.807, 2.05) is 0 Å². The summed E-state index contributed by atoms with van der Waals surface area (Å²) >= 11 is 0. The average Bonchev–Trinajstić information content (AvgIpc) is 2.28. The zero-order valence-electron chi connectivity index (χ0n) is 9.17. The third-order valence-corrected chi connectivity index (χ3v) is 2.25. The summed E-state index contributed by atoms with van der Waals surface area (Å²) in [4.78, 5) is 22.5. The highest BCUT2D eigenvalue weighted by Gasteiger charge is 2.20. The van der Waals surface area contributed by atoms with Crippen LogP contribution >= 0.6 is 0 Å². The number of halogens is 2. The Kier molecular flexibility index (Phi) is 4.14.